The number of nitro benzene ring substituents is 1. The van der Waals surface area contributed by atoms with Crippen LogP contribution in [0.25, 0.3) is 11.0 Å². The van der Waals surface area contributed by atoms with Crippen LogP contribution >= 0.6 is 0 Å². The molecule has 84 heavy (non-hydrogen) atoms. The number of nitrogens with zero attached hydrogens (tertiary/aromatic N) is 7. The van der Waals surface area contributed by atoms with Crippen molar-refractivity contribution in [2.75, 3.05) is 80.9 Å². The van der Waals surface area contributed by atoms with E-state index in [0.29, 0.717) is 55.2 Å². The largest absolute Gasteiger partial charge is 0.491 e. The van der Waals surface area contributed by atoms with E-state index in [1.807, 2.05) is 36.7 Å². The molecule has 1 spiro atoms. The number of nitrogens with one attached hydrogen (secondary N) is 3. The molecule has 1 aliphatic carbocycles. The molecule has 5 fully saturated rings. The minimum absolute atomic E-state index is 0.00935. The minimum Gasteiger partial charge on any atom is -0.491 e. The van der Waals surface area contributed by atoms with E-state index in [0.717, 1.165) is 106 Å². The Hall–Kier alpha value is -7.04. The number of aromatic amines is 1. The van der Waals surface area contributed by atoms with Crippen LogP contribution in [0, 0.1) is 21.4 Å². The molecule has 444 valence electrons. The summed E-state index contributed by atoms with van der Waals surface area (Å²) in [4.78, 5) is 49.2. The van der Waals surface area contributed by atoms with Gasteiger partial charge in [-0.1, -0.05) is 45.0 Å². The molecule has 6 aromatic rings. The Morgan fingerprint density at radius 2 is 1.73 bits per heavy atom. The Morgan fingerprint density at radius 1 is 0.929 bits per heavy atom. The topological polar surface area (TPSA) is 219 Å². The summed E-state index contributed by atoms with van der Waals surface area (Å²) in [5, 5.41) is 16.7. The third kappa shape index (κ3) is 11.0. The SMILES string of the molecule is CC(C)Oc1ccccc1[C@@H]1CN(Cc2ccc(C(C)(C)C)nc2)CCN1C1CC2(CCN(c3ccc(C(=O)NS(=O)(=O)c4cc5c(c([N+](=O)[O-])c4)N[C@H](C4CCOCC4)CO5)c(N4c5cc6cc[nH]c6nc5O[C@H]5COCC[C@@H]54)c3)CC2)C1. The number of rotatable bonds is 13. The number of amides is 1. The van der Waals surface area contributed by atoms with Crippen LogP contribution < -0.4 is 34.0 Å². The number of fused-ring (bicyclic) bond motifs is 4. The van der Waals surface area contributed by atoms with E-state index < -0.39 is 37.5 Å². The molecule has 6 aliphatic heterocycles. The Labute approximate surface area is 490 Å². The lowest BCUT2D eigenvalue weighted by molar-refractivity contribution is -0.384. The van der Waals surface area contributed by atoms with Crippen molar-refractivity contribution in [3.8, 4) is 17.4 Å². The van der Waals surface area contributed by atoms with E-state index in [2.05, 4.69) is 106 Å². The lowest BCUT2D eigenvalue weighted by Crippen LogP contribution is -2.59. The van der Waals surface area contributed by atoms with E-state index in [1.54, 1.807) is 6.07 Å². The molecule has 13 rings (SSSR count). The van der Waals surface area contributed by atoms with Gasteiger partial charge in [0.05, 0.1) is 51.9 Å². The summed E-state index contributed by atoms with van der Waals surface area (Å²) < 4.78 is 61.9. The van der Waals surface area contributed by atoms with Crippen molar-refractivity contribution in [1.82, 2.24) is 29.5 Å². The van der Waals surface area contributed by atoms with Gasteiger partial charge in [-0.3, -0.25) is 29.7 Å². The summed E-state index contributed by atoms with van der Waals surface area (Å²) in [6.07, 6.45) is 9.74. The molecule has 0 bridgehead atoms. The number of pyridine rings is 2. The van der Waals surface area contributed by atoms with Gasteiger partial charge >= 0.3 is 0 Å². The van der Waals surface area contributed by atoms with Crippen LogP contribution in [-0.4, -0.2) is 140 Å². The highest BCUT2D eigenvalue weighted by molar-refractivity contribution is 7.90. The molecule has 7 aliphatic rings. The fourth-order valence-electron chi connectivity index (χ4n) is 14.1. The summed E-state index contributed by atoms with van der Waals surface area (Å²) in [7, 11) is -4.72. The van der Waals surface area contributed by atoms with Gasteiger partial charge in [0.25, 0.3) is 21.6 Å². The average molecular weight is 1170 g/mol. The molecule has 3 aromatic carbocycles. The number of hydrogen-bond donors (Lipinski definition) is 3. The molecule has 20 nitrogen and oxygen atoms in total. The van der Waals surface area contributed by atoms with Crippen molar-refractivity contribution >= 4 is 55.4 Å². The molecule has 3 aromatic heterocycles. The van der Waals surface area contributed by atoms with Crippen molar-refractivity contribution in [3.63, 3.8) is 0 Å². The van der Waals surface area contributed by atoms with Crippen molar-refractivity contribution in [2.24, 2.45) is 11.3 Å². The molecule has 4 atom stereocenters. The predicted octanol–water partition coefficient (Wildman–Crippen LogP) is 9.67. The van der Waals surface area contributed by atoms with Gasteiger partial charge in [0, 0.05) is 117 Å². The number of anilines is 4. The fraction of sp³-hybridized carbons (Fsp3) is 0.508. The van der Waals surface area contributed by atoms with Gasteiger partial charge in [-0.15, -0.1) is 0 Å². The second kappa shape index (κ2) is 22.4. The Balaban J connectivity index is 0.766. The normalized spacial score (nSPS) is 23.2. The number of carbonyl (C=O) groups excluding carboxylic acids is 1. The third-order valence-corrected chi connectivity index (χ3v) is 19.9. The first-order valence-electron chi connectivity index (χ1n) is 29.9. The Bertz CT molecular complexity index is 3550. The highest BCUT2D eigenvalue weighted by Gasteiger charge is 2.51. The Kier molecular flexibility index (Phi) is 15.0. The number of piperazine rings is 1. The number of aromatic nitrogens is 3. The van der Waals surface area contributed by atoms with Crippen LogP contribution in [0.1, 0.15) is 113 Å². The molecular formula is C63H76N10O10S. The van der Waals surface area contributed by atoms with Crippen LogP contribution in [0.15, 0.2) is 96.2 Å². The highest BCUT2D eigenvalue weighted by atomic mass is 32.2. The van der Waals surface area contributed by atoms with Gasteiger partial charge < -0.3 is 43.8 Å². The van der Waals surface area contributed by atoms with E-state index in [4.69, 9.17) is 33.7 Å². The zero-order chi connectivity index (χ0) is 58.1. The van der Waals surface area contributed by atoms with Gasteiger partial charge in [-0.25, -0.2) is 13.1 Å². The van der Waals surface area contributed by atoms with Crippen LogP contribution in [0.3, 0.4) is 0 Å². The number of piperidine rings is 1. The van der Waals surface area contributed by atoms with Crippen molar-refractivity contribution < 1.29 is 41.8 Å². The smallest absolute Gasteiger partial charge is 0.297 e. The second-order valence-electron chi connectivity index (χ2n) is 25.4. The monoisotopic (exact) mass is 1160 g/mol. The van der Waals surface area contributed by atoms with E-state index >= 15 is 0 Å². The number of hydrogen-bond acceptors (Lipinski definition) is 17. The molecule has 0 unspecified atom stereocenters. The average Bonchev–Trinajstić information content (AvgIpc) is 1.58. The first-order valence-corrected chi connectivity index (χ1v) is 31.4. The maximum absolute atomic E-state index is 15.0. The third-order valence-electron chi connectivity index (χ3n) is 18.6. The molecular weight excluding hydrogens is 1090 g/mol. The zero-order valence-electron chi connectivity index (χ0n) is 48.6. The van der Waals surface area contributed by atoms with E-state index in [9.17, 15) is 23.3 Å². The van der Waals surface area contributed by atoms with Gasteiger partial charge in [-0.05, 0) is 118 Å². The Morgan fingerprint density at radius 3 is 2.49 bits per heavy atom. The summed E-state index contributed by atoms with van der Waals surface area (Å²) in [5.74, 6) is 0.595. The van der Waals surface area contributed by atoms with E-state index in [-0.39, 0.29) is 71.2 Å². The lowest BCUT2D eigenvalue weighted by Gasteiger charge is -2.58. The fourth-order valence-corrected chi connectivity index (χ4v) is 15.1. The zero-order valence-corrected chi connectivity index (χ0v) is 49.4. The van der Waals surface area contributed by atoms with Crippen molar-refractivity contribution in [1.29, 1.82) is 0 Å². The first-order chi connectivity index (χ1) is 40.5. The lowest BCUT2D eigenvalue weighted by atomic mass is 9.59. The molecule has 0 radical (unpaired) electrons. The highest BCUT2D eigenvalue weighted by Crippen LogP contribution is 2.54. The number of ether oxygens (including phenoxy) is 5. The molecule has 3 N–H and O–H groups in total. The number of para-hydroxylation sites is 1. The summed E-state index contributed by atoms with van der Waals surface area (Å²) in [6, 6.07) is 24.8. The quantitative estimate of drug-likeness (QED) is 0.0724. The number of nitro groups is 1. The van der Waals surface area contributed by atoms with Crippen LogP contribution in [0.2, 0.25) is 0 Å². The maximum atomic E-state index is 15.0. The summed E-state index contributed by atoms with van der Waals surface area (Å²) in [5.41, 5.74) is 6.11. The molecule has 9 heterocycles. The summed E-state index contributed by atoms with van der Waals surface area (Å²) >= 11 is 0. The summed E-state index contributed by atoms with van der Waals surface area (Å²) in [6.45, 7) is 18.1. The van der Waals surface area contributed by atoms with Crippen LogP contribution in [-0.2, 0) is 31.5 Å². The first kappa shape index (κ1) is 56.1. The van der Waals surface area contributed by atoms with Gasteiger partial charge in [-0.2, -0.15) is 4.98 Å². The molecule has 1 amide bonds. The maximum Gasteiger partial charge on any atom is 0.297 e. The van der Waals surface area contributed by atoms with Crippen LogP contribution in [0.5, 0.6) is 17.4 Å². The van der Waals surface area contributed by atoms with Crippen molar-refractivity contribution in [3.05, 3.63) is 124 Å². The van der Waals surface area contributed by atoms with Crippen LogP contribution in [0.4, 0.5) is 28.4 Å². The number of benzene rings is 3. The van der Waals surface area contributed by atoms with Gasteiger partial charge in [0.1, 0.15) is 29.8 Å². The van der Waals surface area contributed by atoms with Gasteiger partial charge in [0.15, 0.2) is 11.4 Å². The number of carbonyl (C=O) groups is 1. The molecule has 1 saturated carbocycles. The van der Waals surface area contributed by atoms with Crippen molar-refractivity contribution in [2.45, 2.75) is 133 Å². The molecule has 21 heteroatoms. The second-order valence-corrected chi connectivity index (χ2v) is 27.1. The standard InChI is InChI=1S/C63H76N10O10S/c1-39(2)82-54-9-7-6-8-46(54)53-36-69(35-40-10-13-57(65-34-40)62(3,4)5)23-24-71(53)44-32-63(33-44)18-21-70(22-19-63)43-11-12-47(50(29-43)72-49-17-27-80-38-56(49)83-61-52(72)28-42-14-20-64-59(42)67-61)60(74)68-84(77,78)45-30-51(73(75)76)58-55(31-45)81-37-48(66-58)41-15-25-79-26-16-41/h6-14,20,28-31,34,39,41,44,48-49,53,56,66H,15-19,21-27,32-33,35-38H2,1-5H3,(H,64,67)(H,68,74)/t48-,49-,53-,56-/m0/s1. The molecule has 4 saturated heterocycles. The number of H-pyrrole nitrogens is 1. The predicted molar refractivity (Wildman–Crippen MR) is 319 cm³/mol. The number of sulfonamides is 1. The van der Waals surface area contributed by atoms with E-state index in [1.165, 1.54) is 17.2 Å². The van der Waals surface area contributed by atoms with Gasteiger partial charge in [0.2, 0.25) is 5.88 Å². The minimum atomic E-state index is -4.72.